The van der Waals surface area contributed by atoms with Gasteiger partial charge in [0, 0.05) is 10.2 Å². The van der Waals surface area contributed by atoms with Gasteiger partial charge in [-0.3, -0.25) is 4.72 Å². The van der Waals surface area contributed by atoms with Gasteiger partial charge in [0.1, 0.15) is 4.90 Å². The van der Waals surface area contributed by atoms with Gasteiger partial charge in [-0.2, -0.15) is 0 Å². The number of hydrogen-bond donors (Lipinski definition) is 2. The standard InChI is InChI=1S/C14H11BrFNO4S/c1-8-6-11(14(18)19)13(16)12(7-8)22(20,21)17-10-4-2-9(15)3-5-10/h2-7,17H,1H3,(H,18,19). The number of rotatable bonds is 4. The molecule has 0 heterocycles. The number of benzene rings is 2. The van der Waals surface area contributed by atoms with Crippen molar-refractivity contribution in [1.82, 2.24) is 0 Å². The quantitative estimate of drug-likeness (QED) is 0.841. The number of carboxylic acid groups (broad SMARTS) is 1. The van der Waals surface area contributed by atoms with E-state index in [1.807, 2.05) is 0 Å². The molecular weight excluding hydrogens is 377 g/mol. The van der Waals surface area contributed by atoms with Crippen LogP contribution in [0.15, 0.2) is 45.8 Å². The summed E-state index contributed by atoms with van der Waals surface area (Å²) in [5.74, 6) is -2.82. The molecule has 0 aliphatic heterocycles. The number of anilines is 1. The predicted octanol–water partition coefficient (Wildman–Crippen LogP) is 3.40. The van der Waals surface area contributed by atoms with E-state index in [4.69, 9.17) is 5.11 Å². The Labute approximate surface area is 135 Å². The molecule has 0 atom stereocenters. The number of carboxylic acids is 1. The Morgan fingerprint density at radius 1 is 1.23 bits per heavy atom. The summed E-state index contributed by atoms with van der Waals surface area (Å²) < 4.78 is 41.7. The molecule has 0 saturated carbocycles. The van der Waals surface area contributed by atoms with Gasteiger partial charge in [-0.25, -0.2) is 17.6 Å². The summed E-state index contributed by atoms with van der Waals surface area (Å²) in [6, 6.07) is 8.39. The van der Waals surface area contributed by atoms with Crippen molar-refractivity contribution in [3.05, 3.63) is 57.8 Å². The van der Waals surface area contributed by atoms with Crippen LogP contribution in [0.4, 0.5) is 10.1 Å². The van der Waals surface area contributed by atoms with Gasteiger partial charge in [0.05, 0.1) is 5.56 Å². The Balaban J connectivity index is 2.49. The number of carbonyl (C=O) groups is 1. The smallest absolute Gasteiger partial charge is 0.338 e. The van der Waals surface area contributed by atoms with Crippen molar-refractivity contribution >= 4 is 37.6 Å². The van der Waals surface area contributed by atoms with Crippen LogP contribution in [-0.4, -0.2) is 19.5 Å². The van der Waals surface area contributed by atoms with Crippen LogP contribution in [0, 0.1) is 12.7 Å². The normalized spacial score (nSPS) is 11.2. The van der Waals surface area contributed by atoms with E-state index in [-0.39, 0.29) is 5.69 Å². The number of nitrogens with one attached hydrogen (secondary N) is 1. The van der Waals surface area contributed by atoms with Crippen molar-refractivity contribution in [2.24, 2.45) is 0 Å². The van der Waals surface area contributed by atoms with E-state index >= 15 is 0 Å². The van der Waals surface area contributed by atoms with Crippen molar-refractivity contribution in [3.8, 4) is 0 Å². The van der Waals surface area contributed by atoms with Crippen LogP contribution in [0.1, 0.15) is 15.9 Å². The third kappa shape index (κ3) is 3.45. The van der Waals surface area contributed by atoms with E-state index in [9.17, 15) is 17.6 Å². The Morgan fingerprint density at radius 2 is 1.82 bits per heavy atom. The first-order chi connectivity index (χ1) is 10.2. The summed E-state index contributed by atoms with van der Waals surface area (Å²) in [6.45, 7) is 1.49. The molecule has 0 fully saturated rings. The molecule has 2 rings (SSSR count). The monoisotopic (exact) mass is 387 g/mol. The molecule has 5 nitrogen and oxygen atoms in total. The van der Waals surface area contributed by atoms with Gasteiger partial charge in [0.25, 0.3) is 10.0 Å². The van der Waals surface area contributed by atoms with Gasteiger partial charge in [-0.15, -0.1) is 0 Å². The molecule has 0 bridgehead atoms. The summed E-state index contributed by atoms with van der Waals surface area (Å²) in [5, 5.41) is 8.94. The van der Waals surface area contributed by atoms with Crippen LogP contribution in [0.25, 0.3) is 0 Å². The second-order valence-electron chi connectivity index (χ2n) is 4.54. The van der Waals surface area contributed by atoms with Crippen molar-refractivity contribution < 1.29 is 22.7 Å². The van der Waals surface area contributed by atoms with Gasteiger partial charge >= 0.3 is 5.97 Å². The average Bonchev–Trinajstić information content (AvgIpc) is 2.43. The molecule has 2 aromatic rings. The second-order valence-corrected chi connectivity index (χ2v) is 7.11. The van der Waals surface area contributed by atoms with Gasteiger partial charge in [-0.1, -0.05) is 15.9 Å². The minimum absolute atomic E-state index is 0.237. The first kappa shape index (κ1) is 16.4. The number of aryl methyl sites for hydroxylation is 1. The molecule has 8 heteroatoms. The molecule has 22 heavy (non-hydrogen) atoms. The minimum Gasteiger partial charge on any atom is -0.478 e. The first-order valence-electron chi connectivity index (χ1n) is 6.02. The highest BCUT2D eigenvalue weighted by molar-refractivity contribution is 9.10. The largest absolute Gasteiger partial charge is 0.478 e. The molecule has 0 aliphatic carbocycles. The number of aromatic carboxylic acids is 1. The maximum atomic E-state index is 14.2. The number of sulfonamides is 1. The molecule has 0 unspecified atom stereocenters. The van der Waals surface area contributed by atoms with E-state index in [0.717, 1.165) is 16.6 Å². The van der Waals surface area contributed by atoms with Crippen LogP contribution in [0.2, 0.25) is 0 Å². The zero-order valence-corrected chi connectivity index (χ0v) is 13.7. The molecule has 116 valence electrons. The van der Waals surface area contributed by atoms with Crippen molar-refractivity contribution in [2.75, 3.05) is 4.72 Å². The highest BCUT2D eigenvalue weighted by Gasteiger charge is 2.24. The molecule has 0 amide bonds. The van der Waals surface area contributed by atoms with Gasteiger partial charge in [-0.05, 0) is 48.9 Å². The van der Waals surface area contributed by atoms with Gasteiger partial charge < -0.3 is 5.11 Å². The lowest BCUT2D eigenvalue weighted by atomic mass is 10.1. The summed E-state index contributed by atoms with van der Waals surface area (Å²) in [7, 11) is -4.24. The van der Waals surface area contributed by atoms with Gasteiger partial charge in [0.15, 0.2) is 5.82 Å². The fraction of sp³-hybridized carbons (Fsp3) is 0.0714. The lowest BCUT2D eigenvalue weighted by Gasteiger charge is -2.11. The van der Waals surface area contributed by atoms with E-state index in [2.05, 4.69) is 20.7 Å². The summed E-state index contributed by atoms with van der Waals surface area (Å²) >= 11 is 3.21. The van der Waals surface area contributed by atoms with E-state index < -0.39 is 32.3 Å². The fourth-order valence-corrected chi connectivity index (χ4v) is 3.32. The van der Waals surface area contributed by atoms with E-state index in [1.54, 1.807) is 12.1 Å². The molecule has 0 saturated heterocycles. The Hall–Kier alpha value is -1.93. The predicted molar refractivity (Wildman–Crippen MR) is 83.0 cm³/mol. The zero-order chi connectivity index (χ0) is 16.5. The minimum atomic E-state index is -4.24. The Kier molecular flexibility index (Phi) is 4.52. The van der Waals surface area contributed by atoms with Crippen molar-refractivity contribution in [1.29, 1.82) is 0 Å². The third-order valence-electron chi connectivity index (χ3n) is 2.80. The molecule has 2 N–H and O–H groups in total. The first-order valence-corrected chi connectivity index (χ1v) is 8.30. The van der Waals surface area contributed by atoms with E-state index in [0.29, 0.717) is 5.56 Å². The van der Waals surface area contributed by atoms with Crippen LogP contribution in [0.5, 0.6) is 0 Å². The lowest BCUT2D eigenvalue weighted by Crippen LogP contribution is -2.17. The molecule has 0 aliphatic rings. The molecule has 2 aromatic carbocycles. The van der Waals surface area contributed by atoms with Gasteiger partial charge in [0.2, 0.25) is 0 Å². The number of halogens is 2. The second kappa shape index (κ2) is 6.05. The molecule has 0 spiro atoms. The summed E-state index contributed by atoms with van der Waals surface area (Å²) in [4.78, 5) is 10.3. The fourth-order valence-electron chi connectivity index (χ4n) is 1.81. The SMILES string of the molecule is Cc1cc(C(=O)O)c(F)c(S(=O)(=O)Nc2ccc(Br)cc2)c1. The Bertz CT molecular complexity index is 835. The van der Waals surface area contributed by atoms with Crippen LogP contribution >= 0.6 is 15.9 Å². The molecule has 0 radical (unpaired) electrons. The van der Waals surface area contributed by atoms with Crippen molar-refractivity contribution in [3.63, 3.8) is 0 Å². The highest BCUT2D eigenvalue weighted by Crippen LogP contribution is 2.24. The van der Waals surface area contributed by atoms with Crippen LogP contribution in [0.3, 0.4) is 0 Å². The third-order valence-corrected chi connectivity index (χ3v) is 4.71. The highest BCUT2D eigenvalue weighted by atomic mass is 79.9. The van der Waals surface area contributed by atoms with E-state index in [1.165, 1.54) is 19.1 Å². The maximum Gasteiger partial charge on any atom is 0.338 e. The average molecular weight is 388 g/mol. The molecular formula is C14H11BrFNO4S. The van der Waals surface area contributed by atoms with Crippen LogP contribution in [-0.2, 0) is 10.0 Å². The molecule has 0 aromatic heterocycles. The summed E-state index contributed by atoms with van der Waals surface area (Å²) in [6.07, 6.45) is 0. The lowest BCUT2D eigenvalue weighted by molar-refractivity contribution is 0.0691. The maximum absolute atomic E-state index is 14.2. The number of hydrogen-bond acceptors (Lipinski definition) is 3. The van der Waals surface area contributed by atoms with Crippen molar-refractivity contribution in [2.45, 2.75) is 11.8 Å². The zero-order valence-electron chi connectivity index (χ0n) is 11.3. The Morgan fingerprint density at radius 3 is 2.36 bits per heavy atom. The topological polar surface area (TPSA) is 83.5 Å². The summed E-state index contributed by atoms with van der Waals surface area (Å²) in [5.41, 5.74) is -0.118. The van der Waals surface area contributed by atoms with Crippen LogP contribution < -0.4 is 4.72 Å².